The highest BCUT2D eigenvalue weighted by Crippen LogP contribution is 2.01. The minimum absolute atomic E-state index is 0.167. The number of rotatable bonds is 5. The maximum Gasteiger partial charge on any atom is 0.328 e. The molecule has 6 heteroatoms. The van der Waals surface area contributed by atoms with E-state index in [2.05, 4.69) is 10.6 Å². The summed E-state index contributed by atoms with van der Waals surface area (Å²) in [6, 6.07) is -0.688. The first-order valence-corrected chi connectivity index (χ1v) is 4.60. The largest absolute Gasteiger partial charge is 0.480 e. The SMILES string of the molecule is COCC(C)NC(=O)NC(C)(C)C(=O)O. The summed E-state index contributed by atoms with van der Waals surface area (Å²) in [5, 5.41) is 13.7. The number of amides is 2. The Morgan fingerprint density at radius 3 is 2.40 bits per heavy atom. The van der Waals surface area contributed by atoms with Crippen LogP contribution in [-0.2, 0) is 9.53 Å². The second-order valence-electron chi connectivity index (χ2n) is 3.89. The van der Waals surface area contributed by atoms with Crippen LogP contribution in [0.4, 0.5) is 4.79 Å². The molecule has 88 valence electrons. The zero-order chi connectivity index (χ0) is 12.1. The molecule has 0 aromatic heterocycles. The highest BCUT2D eigenvalue weighted by molar-refractivity contribution is 5.85. The van der Waals surface area contributed by atoms with Crippen molar-refractivity contribution >= 4 is 12.0 Å². The molecule has 0 aliphatic carbocycles. The monoisotopic (exact) mass is 218 g/mol. The van der Waals surface area contributed by atoms with Crippen LogP contribution in [0.1, 0.15) is 20.8 Å². The van der Waals surface area contributed by atoms with Gasteiger partial charge in [-0.1, -0.05) is 0 Å². The number of carboxylic acids is 1. The van der Waals surface area contributed by atoms with Crippen molar-refractivity contribution in [2.24, 2.45) is 0 Å². The first-order valence-electron chi connectivity index (χ1n) is 4.60. The van der Waals surface area contributed by atoms with Gasteiger partial charge in [0.2, 0.25) is 0 Å². The van der Waals surface area contributed by atoms with Crippen molar-refractivity contribution in [2.75, 3.05) is 13.7 Å². The molecule has 15 heavy (non-hydrogen) atoms. The Morgan fingerprint density at radius 1 is 1.47 bits per heavy atom. The summed E-state index contributed by atoms with van der Waals surface area (Å²) >= 11 is 0. The molecule has 0 fully saturated rings. The zero-order valence-electron chi connectivity index (χ0n) is 9.46. The van der Waals surface area contributed by atoms with Crippen molar-refractivity contribution in [1.29, 1.82) is 0 Å². The quantitative estimate of drug-likeness (QED) is 0.614. The van der Waals surface area contributed by atoms with Crippen LogP contribution in [0.5, 0.6) is 0 Å². The molecule has 0 aromatic rings. The summed E-state index contributed by atoms with van der Waals surface area (Å²) < 4.78 is 4.82. The van der Waals surface area contributed by atoms with Gasteiger partial charge in [0.05, 0.1) is 12.6 Å². The molecule has 6 nitrogen and oxygen atoms in total. The van der Waals surface area contributed by atoms with Crippen LogP contribution in [-0.4, -0.2) is 42.4 Å². The van der Waals surface area contributed by atoms with Crippen LogP contribution in [0.25, 0.3) is 0 Å². The van der Waals surface area contributed by atoms with Crippen LogP contribution >= 0.6 is 0 Å². The van der Waals surface area contributed by atoms with E-state index in [1.165, 1.54) is 21.0 Å². The summed E-state index contributed by atoms with van der Waals surface area (Å²) in [6.45, 7) is 4.96. The van der Waals surface area contributed by atoms with E-state index in [0.29, 0.717) is 6.61 Å². The van der Waals surface area contributed by atoms with Crippen LogP contribution in [0.15, 0.2) is 0 Å². The molecule has 0 heterocycles. The Bertz CT molecular complexity index is 240. The maximum atomic E-state index is 11.3. The minimum Gasteiger partial charge on any atom is -0.480 e. The third-order valence-electron chi connectivity index (χ3n) is 1.75. The molecule has 0 radical (unpaired) electrons. The van der Waals surface area contributed by atoms with Crippen molar-refractivity contribution in [1.82, 2.24) is 10.6 Å². The summed E-state index contributed by atoms with van der Waals surface area (Å²) in [5.41, 5.74) is -1.28. The fourth-order valence-electron chi connectivity index (χ4n) is 0.889. The fourth-order valence-corrected chi connectivity index (χ4v) is 0.889. The fraction of sp³-hybridized carbons (Fsp3) is 0.778. The molecular weight excluding hydrogens is 200 g/mol. The number of hydrogen-bond acceptors (Lipinski definition) is 3. The topological polar surface area (TPSA) is 87.7 Å². The number of carbonyl (C=O) groups is 2. The predicted octanol–water partition coefficient (Wildman–Crippen LogP) is 0.184. The first kappa shape index (κ1) is 13.7. The van der Waals surface area contributed by atoms with Gasteiger partial charge in [0.1, 0.15) is 5.54 Å². The van der Waals surface area contributed by atoms with E-state index in [9.17, 15) is 9.59 Å². The van der Waals surface area contributed by atoms with E-state index in [1.807, 2.05) is 0 Å². The number of hydrogen-bond donors (Lipinski definition) is 3. The summed E-state index contributed by atoms with van der Waals surface area (Å²) in [6.07, 6.45) is 0. The van der Waals surface area contributed by atoms with Crippen molar-refractivity contribution in [3.8, 4) is 0 Å². The first-order chi connectivity index (χ1) is 6.79. The molecule has 3 N–H and O–H groups in total. The maximum absolute atomic E-state index is 11.3. The Labute approximate surface area is 89.0 Å². The average Bonchev–Trinajstić information content (AvgIpc) is 2.02. The Kier molecular flexibility index (Phi) is 5.07. The number of nitrogens with one attached hydrogen (secondary N) is 2. The van der Waals surface area contributed by atoms with Crippen LogP contribution < -0.4 is 10.6 Å². The van der Waals surface area contributed by atoms with Gasteiger partial charge in [0, 0.05) is 7.11 Å². The third kappa shape index (κ3) is 5.21. The second-order valence-corrected chi connectivity index (χ2v) is 3.89. The van der Waals surface area contributed by atoms with Crippen LogP contribution in [0, 0.1) is 0 Å². The molecule has 0 saturated carbocycles. The molecular formula is C9H18N2O4. The average molecular weight is 218 g/mol. The number of ether oxygens (including phenoxy) is 1. The molecule has 1 atom stereocenters. The summed E-state index contributed by atoms with van der Waals surface area (Å²) in [7, 11) is 1.53. The van der Waals surface area contributed by atoms with E-state index < -0.39 is 17.5 Å². The predicted molar refractivity (Wildman–Crippen MR) is 54.7 cm³/mol. The highest BCUT2D eigenvalue weighted by Gasteiger charge is 2.29. The van der Waals surface area contributed by atoms with Crippen LogP contribution in [0.3, 0.4) is 0 Å². The Morgan fingerprint density at radius 2 is 2.00 bits per heavy atom. The Hall–Kier alpha value is -1.30. The van der Waals surface area contributed by atoms with Gasteiger partial charge in [-0.05, 0) is 20.8 Å². The molecule has 0 spiro atoms. The van der Waals surface area contributed by atoms with Gasteiger partial charge in [-0.15, -0.1) is 0 Å². The highest BCUT2D eigenvalue weighted by atomic mass is 16.5. The number of methoxy groups -OCH3 is 1. The molecule has 0 aromatic carbocycles. The lowest BCUT2D eigenvalue weighted by Crippen LogP contribution is -2.55. The van der Waals surface area contributed by atoms with Gasteiger partial charge >= 0.3 is 12.0 Å². The lowest BCUT2D eigenvalue weighted by Gasteiger charge is -2.22. The zero-order valence-corrected chi connectivity index (χ0v) is 9.46. The normalized spacial score (nSPS) is 13.1. The van der Waals surface area contributed by atoms with Crippen molar-refractivity contribution in [2.45, 2.75) is 32.4 Å². The van der Waals surface area contributed by atoms with E-state index in [4.69, 9.17) is 9.84 Å². The van der Waals surface area contributed by atoms with E-state index in [-0.39, 0.29) is 6.04 Å². The molecule has 0 aliphatic heterocycles. The van der Waals surface area contributed by atoms with E-state index >= 15 is 0 Å². The number of carboxylic acid groups (broad SMARTS) is 1. The smallest absolute Gasteiger partial charge is 0.328 e. The molecule has 2 amide bonds. The summed E-state index contributed by atoms with van der Waals surface area (Å²) in [4.78, 5) is 22.0. The van der Waals surface area contributed by atoms with Crippen LogP contribution in [0.2, 0.25) is 0 Å². The van der Waals surface area contributed by atoms with Gasteiger partial charge in [0.15, 0.2) is 0 Å². The van der Waals surface area contributed by atoms with Crippen molar-refractivity contribution in [3.05, 3.63) is 0 Å². The molecule has 0 saturated heterocycles. The lowest BCUT2D eigenvalue weighted by atomic mass is 10.1. The number of urea groups is 1. The molecule has 1 unspecified atom stereocenters. The Balaban J connectivity index is 4.09. The lowest BCUT2D eigenvalue weighted by molar-refractivity contribution is -0.142. The third-order valence-corrected chi connectivity index (χ3v) is 1.75. The van der Waals surface area contributed by atoms with Gasteiger partial charge < -0.3 is 20.5 Å². The molecule has 0 bridgehead atoms. The number of carbonyl (C=O) groups excluding carboxylic acids is 1. The number of aliphatic carboxylic acids is 1. The van der Waals surface area contributed by atoms with Gasteiger partial charge in [-0.25, -0.2) is 9.59 Å². The molecule has 0 aliphatic rings. The van der Waals surface area contributed by atoms with Crippen molar-refractivity contribution < 1.29 is 19.4 Å². The van der Waals surface area contributed by atoms with Gasteiger partial charge in [0.25, 0.3) is 0 Å². The second kappa shape index (κ2) is 5.55. The molecule has 0 rings (SSSR count). The van der Waals surface area contributed by atoms with E-state index in [1.54, 1.807) is 6.92 Å². The minimum atomic E-state index is -1.28. The van der Waals surface area contributed by atoms with Crippen molar-refractivity contribution in [3.63, 3.8) is 0 Å². The summed E-state index contributed by atoms with van der Waals surface area (Å²) in [5.74, 6) is -1.09. The standard InChI is InChI=1S/C9H18N2O4/c1-6(5-15-4)10-8(14)11-9(2,3)7(12)13/h6H,5H2,1-4H3,(H,12,13)(H2,10,11,14). The van der Waals surface area contributed by atoms with E-state index in [0.717, 1.165) is 0 Å². The van der Waals surface area contributed by atoms with Gasteiger partial charge in [-0.2, -0.15) is 0 Å². The van der Waals surface area contributed by atoms with Gasteiger partial charge in [-0.3, -0.25) is 0 Å².